The molecule has 0 aliphatic heterocycles. The molecule has 0 saturated carbocycles. The second-order valence-corrected chi connectivity index (χ2v) is 4.77. The highest BCUT2D eigenvalue weighted by Crippen LogP contribution is 2.02. The average Bonchev–Trinajstić information content (AvgIpc) is 2.47. The fraction of sp³-hybridized carbons (Fsp3) is 0.625. The molecule has 0 fully saturated rings. The van der Waals surface area contributed by atoms with E-state index in [2.05, 4.69) is 27.0 Å². The summed E-state index contributed by atoms with van der Waals surface area (Å²) in [6, 6.07) is 0. The number of amides is 2. The average molecular weight is 280 g/mol. The molecule has 0 bridgehead atoms. The lowest BCUT2D eigenvalue weighted by Gasteiger charge is -2.23. The van der Waals surface area contributed by atoms with Crippen LogP contribution in [-0.4, -0.2) is 47.8 Å². The third-order valence-corrected chi connectivity index (χ3v) is 3.07. The number of carbonyl (C=O) groups is 2. The van der Waals surface area contributed by atoms with E-state index in [1.165, 1.54) is 12.2 Å². The molecule has 0 N–H and O–H groups in total. The van der Waals surface area contributed by atoms with Crippen LogP contribution in [0.25, 0.3) is 0 Å². The van der Waals surface area contributed by atoms with E-state index in [1.54, 1.807) is 0 Å². The van der Waals surface area contributed by atoms with Crippen LogP contribution in [0.3, 0.4) is 0 Å². The van der Waals surface area contributed by atoms with Crippen LogP contribution >= 0.6 is 0 Å². The van der Waals surface area contributed by atoms with E-state index >= 15 is 0 Å². The van der Waals surface area contributed by atoms with Crippen molar-refractivity contribution in [3.05, 3.63) is 25.3 Å². The predicted molar refractivity (Wildman–Crippen MR) is 83.4 cm³/mol. The Hall–Kier alpha value is -1.58. The summed E-state index contributed by atoms with van der Waals surface area (Å²) in [6.45, 7) is 14.1. The second-order valence-electron chi connectivity index (χ2n) is 4.77. The monoisotopic (exact) mass is 280 g/mol. The molecule has 114 valence electrons. The Morgan fingerprint density at radius 1 is 0.800 bits per heavy atom. The van der Waals surface area contributed by atoms with Crippen LogP contribution in [0.1, 0.15) is 39.5 Å². The molecule has 0 rings (SSSR count). The summed E-state index contributed by atoms with van der Waals surface area (Å²) in [5.74, 6) is -0.0288. The maximum atomic E-state index is 11.6. The fourth-order valence-electron chi connectivity index (χ4n) is 2.07. The third kappa shape index (κ3) is 7.12. The van der Waals surface area contributed by atoms with Crippen molar-refractivity contribution < 1.29 is 9.59 Å². The Bertz CT molecular complexity index is 294. The van der Waals surface area contributed by atoms with Gasteiger partial charge in [0.2, 0.25) is 11.8 Å². The molecule has 20 heavy (non-hydrogen) atoms. The van der Waals surface area contributed by atoms with Crippen LogP contribution in [0.15, 0.2) is 25.3 Å². The van der Waals surface area contributed by atoms with Crippen molar-refractivity contribution in [3.63, 3.8) is 0 Å². The maximum Gasteiger partial charge on any atom is 0.245 e. The molecular formula is C16H28N2O2. The van der Waals surface area contributed by atoms with Crippen molar-refractivity contribution in [2.24, 2.45) is 0 Å². The maximum absolute atomic E-state index is 11.6. The minimum absolute atomic E-state index is 0.0144. The quantitative estimate of drug-likeness (QED) is 0.431. The molecule has 0 aliphatic carbocycles. The van der Waals surface area contributed by atoms with Crippen LogP contribution < -0.4 is 0 Å². The van der Waals surface area contributed by atoms with Gasteiger partial charge >= 0.3 is 0 Å². The van der Waals surface area contributed by atoms with Crippen molar-refractivity contribution in [3.8, 4) is 0 Å². The fourth-order valence-corrected chi connectivity index (χ4v) is 2.07. The molecular weight excluding hydrogens is 252 g/mol. The van der Waals surface area contributed by atoms with Crippen molar-refractivity contribution in [2.45, 2.75) is 39.5 Å². The molecule has 4 nitrogen and oxygen atoms in total. The summed E-state index contributed by atoms with van der Waals surface area (Å²) in [5.41, 5.74) is 0. The summed E-state index contributed by atoms with van der Waals surface area (Å²) in [5, 5.41) is 0. The van der Waals surface area contributed by atoms with Crippen molar-refractivity contribution in [2.75, 3.05) is 26.2 Å². The Balaban J connectivity index is 4.12. The Kier molecular flexibility index (Phi) is 10.4. The van der Waals surface area contributed by atoms with Gasteiger partial charge < -0.3 is 9.80 Å². The molecule has 0 heterocycles. The lowest BCUT2D eigenvalue weighted by atomic mass is 10.2. The van der Waals surface area contributed by atoms with Gasteiger partial charge in [-0.1, -0.05) is 27.0 Å². The van der Waals surface area contributed by atoms with Crippen LogP contribution in [0.4, 0.5) is 0 Å². The third-order valence-electron chi connectivity index (χ3n) is 3.07. The molecule has 0 aromatic heterocycles. The molecule has 0 radical (unpaired) electrons. The zero-order valence-electron chi connectivity index (χ0n) is 12.9. The van der Waals surface area contributed by atoms with Gasteiger partial charge in [0.1, 0.15) is 0 Å². The first-order valence-corrected chi connectivity index (χ1v) is 7.43. The first kappa shape index (κ1) is 18.4. The Morgan fingerprint density at radius 3 is 1.40 bits per heavy atom. The van der Waals surface area contributed by atoms with Crippen molar-refractivity contribution in [1.29, 1.82) is 0 Å². The standard InChI is InChI=1S/C16H28N2O2/c1-5-11-17(15(19)7-3)13-9-10-14-18(12-6-2)16(20)8-4/h7-8H,3-6,9-14H2,1-2H3. The summed E-state index contributed by atoms with van der Waals surface area (Å²) < 4.78 is 0. The van der Waals surface area contributed by atoms with Gasteiger partial charge in [0.15, 0.2) is 0 Å². The van der Waals surface area contributed by atoms with Crippen molar-refractivity contribution in [1.82, 2.24) is 9.80 Å². The number of hydrogen-bond acceptors (Lipinski definition) is 2. The zero-order chi connectivity index (χ0) is 15.4. The second kappa shape index (κ2) is 11.3. The lowest BCUT2D eigenvalue weighted by Crippen LogP contribution is -2.33. The van der Waals surface area contributed by atoms with Gasteiger partial charge in [0.25, 0.3) is 0 Å². The number of carbonyl (C=O) groups excluding carboxylic acids is 2. The summed E-state index contributed by atoms with van der Waals surface area (Å²) >= 11 is 0. The summed E-state index contributed by atoms with van der Waals surface area (Å²) in [7, 11) is 0. The van der Waals surface area contributed by atoms with E-state index in [0.717, 1.165) is 51.9 Å². The van der Waals surface area contributed by atoms with Crippen LogP contribution in [-0.2, 0) is 9.59 Å². The minimum Gasteiger partial charge on any atom is -0.339 e. The highest BCUT2D eigenvalue weighted by molar-refractivity contribution is 5.87. The first-order chi connectivity index (χ1) is 9.60. The van der Waals surface area contributed by atoms with Gasteiger partial charge in [-0.25, -0.2) is 0 Å². The van der Waals surface area contributed by atoms with Gasteiger partial charge in [-0.15, -0.1) is 0 Å². The molecule has 0 aromatic rings. The summed E-state index contributed by atoms with van der Waals surface area (Å²) in [4.78, 5) is 26.9. The highest BCUT2D eigenvalue weighted by Gasteiger charge is 2.11. The van der Waals surface area contributed by atoms with Crippen LogP contribution in [0, 0.1) is 0 Å². The SMILES string of the molecule is C=CC(=O)N(CCC)CCCCN(CCC)C(=O)C=C. The molecule has 0 saturated heterocycles. The van der Waals surface area contributed by atoms with E-state index in [-0.39, 0.29) is 11.8 Å². The Labute approximate surface area is 123 Å². The highest BCUT2D eigenvalue weighted by atomic mass is 16.2. The molecule has 0 aliphatic rings. The molecule has 2 amide bonds. The number of rotatable bonds is 11. The van der Waals surface area contributed by atoms with Crippen molar-refractivity contribution >= 4 is 11.8 Å². The van der Waals surface area contributed by atoms with E-state index < -0.39 is 0 Å². The van der Waals surface area contributed by atoms with Crippen LogP contribution in [0.2, 0.25) is 0 Å². The minimum atomic E-state index is -0.0144. The molecule has 0 spiro atoms. The smallest absolute Gasteiger partial charge is 0.245 e. The largest absolute Gasteiger partial charge is 0.339 e. The lowest BCUT2D eigenvalue weighted by molar-refractivity contribution is -0.127. The predicted octanol–water partition coefficient (Wildman–Crippen LogP) is 2.62. The molecule has 4 heteroatoms. The van der Waals surface area contributed by atoms with Gasteiger partial charge in [-0.05, 0) is 37.8 Å². The van der Waals surface area contributed by atoms with Gasteiger partial charge in [-0.2, -0.15) is 0 Å². The number of nitrogens with zero attached hydrogens (tertiary/aromatic N) is 2. The summed E-state index contributed by atoms with van der Waals surface area (Å²) in [6.07, 6.45) is 6.39. The topological polar surface area (TPSA) is 40.6 Å². The number of hydrogen-bond donors (Lipinski definition) is 0. The number of unbranched alkanes of at least 4 members (excludes halogenated alkanes) is 1. The van der Waals surface area contributed by atoms with E-state index in [9.17, 15) is 9.59 Å². The molecule has 0 unspecified atom stereocenters. The van der Waals surface area contributed by atoms with E-state index in [4.69, 9.17) is 0 Å². The molecule has 0 aromatic carbocycles. The van der Waals surface area contributed by atoms with Gasteiger partial charge in [0.05, 0.1) is 0 Å². The molecule has 0 atom stereocenters. The zero-order valence-corrected chi connectivity index (χ0v) is 12.9. The van der Waals surface area contributed by atoms with Gasteiger partial charge in [0, 0.05) is 26.2 Å². The van der Waals surface area contributed by atoms with E-state index in [1.807, 2.05) is 9.80 Å². The van der Waals surface area contributed by atoms with E-state index in [0.29, 0.717) is 0 Å². The normalized spacial score (nSPS) is 9.90. The van der Waals surface area contributed by atoms with Crippen LogP contribution in [0.5, 0.6) is 0 Å². The first-order valence-electron chi connectivity index (χ1n) is 7.43. The van der Waals surface area contributed by atoms with Gasteiger partial charge in [-0.3, -0.25) is 9.59 Å². The Morgan fingerprint density at radius 2 is 1.15 bits per heavy atom.